The van der Waals surface area contributed by atoms with Gasteiger partial charge in [0.05, 0.1) is 27.4 Å². The van der Waals surface area contributed by atoms with Gasteiger partial charge in [0.25, 0.3) is 0 Å². The average Bonchev–Trinajstić information content (AvgIpc) is 3.10. The molecule has 1 fully saturated rings. The number of hydrogen-bond donors (Lipinski definition) is 0. The Morgan fingerprint density at radius 2 is 1.96 bits per heavy atom. The lowest BCUT2D eigenvalue weighted by molar-refractivity contribution is -0.157. The maximum absolute atomic E-state index is 12.7. The molecule has 0 N–H and O–H groups in total. The summed E-state index contributed by atoms with van der Waals surface area (Å²) in [5.41, 5.74) is 1.03. The summed E-state index contributed by atoms with van der Waals surface area (Å²) in [6.45, 7) is 2.55. The van der Waals surface area contributed by atoms with E-state index in [0.29, 0.717) is 43.9 Å². The molecule has 1 amide bonds. The first-order valence-electron chi connectivity index (χ1n) is 8.95. The van der Waals surface area contributed by atoms with Crippen molar-refractivity contribution >= 4 is 11.9 Å². The van der Waals surface area contributed by atoms with Crippen molar-refractivity contribution in [3.63, 3.8) is 0 Å². The SMILES string of the molecule is CCOC(=O)C12CCC=C1N(Cc1ccc(OC)c(OC)c1)C(=O)CC2. The molecule has 0 radical (unpaired) electrons. The van der Waals surface area contributed by atoms with Crippen molar-refractivity contribution in [3.05, 3.63) is 35.5 Å². The van der Waals surface area contributed by atoms with Crippen molar-refractivity contribution in [3.8, 4) is 11.5 Å². The van der Waals surface area contributed by atoms with Gasteiger partial charge in [0.2, 0.25) is 5.91 Å². The van der Waals surface area contributed by atoms with Gasteiger partial charge in [0.15, 0.2) is 11.5 Å². The van der Waals surface area contributed by atoms with Crippen molar-refractivity contribution in [2.24, 2.45) is 5.41 Å². The molecule has 1 unspecified atom stereocenters. The number of fused-ring (bicyclic) bond motifs is 1. The number of esters is 1. The van der Waals surface area contributed by atoms with Crippen LogP contribution in [0.15, 0.2) is 30.0 Å². The summed E-state index contributed by atoms with van der Waals surface area (Å²) < 4.78 is 16.0. The van der Waals surface area contributed by atoms with Gasteiger partial charge in [0, 0.05) is 12.1 Å². The lowest BCUT2D eigenvalue weighted by Gasteiger charge is -2.40. The Labute approximate surface area is 153 Å². The molecule has 2 aliphatic rings. The zero-order chi connectivity index (χ0) is 18.7. The molecule has 26 heavy (non-hydrogen) atoms. The van der Waals surface area contributed by atoms with E-state index in [1.807, 2.05) is 31.2 Å². The van der Waals surface area contributed by atoms with E-state index in [4.69, 9.17) is 14.2 Å². The summed E-state index contributed by atoms with van der Waals surface area (Å²) in [6.07, 6.45) is 4.37. The van der Waals surface area contributed by atoms with Crippen LogP contribution in [-0.4, -0.2) is 37.6 Å². The highest BCUT2D eigenvalue weighted by molar-refractivity contribution is 5.88. The van der Waals surface area contributed by atoms with Gasteiger partial charge >= 0.3 is 5.97 Å². The van der Waals surface area contributed by atoms with Gasteiger partial charge in [-0.25, -0.2) is 0 Å². The van der Waals surface area contributed by atoms with Crippen molar-refractivity contribution in [2.75, 3.05) is 20.8 Å². The second-order valence-electron chi connectivity index (χ2n) is 6.60. The average molecular weight is 359 g/mol. The summed E-state index contributed by atoms with van der Waals surface area (Å²) in [4.78, 5) is 27.0. The van der Waals surface area contributed by atoms with Crippen molar-refractivity contribution in [2.45, 2.75) is 39.2 Å². The highest BCUT2D eigenvalue weighted by Gasteiger charge is 2.51. The zero-order valence-electron chi connectivity index (χ0n) is 15.5. The molecule has 0 spiro atoms. The molecule has 0 bridgehead atoms. The van der Waals surface area contributed by atoms with Gasteiger partial charge in [0.1, 0.15) is 5.41 Å². The Hall–Kier alpha value is -2.50. The molecule has 1 atom stereocenters. The van der Waals surface area contributed by atoms with Crippen LogP contribution in [0, 0.1) is 5.41 Å². The number of amides is 1. The third-order valence-electron chi connectivity index (χ3n) is 5.21. The molecule has 3 rings (SSSR count). The van der Waals surface area contributed by atoms with Crippen LogP contribution in [0.5, 0.6) is 11.5 Å². The summed E-state index contributed by atoms with van der Waals surface area (Å²) in [5, 5.41) is 0. The molecule has 1 aromatic carbocycles. The third kappa shape index (κ3) is 3.04. The highest BCUT2D eigenvalue weighted by Crippen LogP contribution is 2.49. The van der Waals surface area contributed by atoms with Gasteiger partial charge in [-0.3, -0.25) is 9.59 Å². The number of ether oxygens (including phenoxy) is 3. The van der Waals surface area contributed by atoms with Crippen molar-refractivity contribution in [1.29, 1.82) is 0 Å². The van der Waals surface area contributed by atoms with Gasteiger partial charge in [-0.15, -0.1) is 0 Å². The van der Waals surface area contributed by atoms with E-state index in [-0.39, 0.29) is 11.9 Å². The van der Waals surface area contributed by atoms with E-state index < -0.39 is 5.41 Å². The molecule has 1 aliphatic carbocycles. The summed E-state index contributed by atoms with van der Waals surface area (Å²) in [5.74, 6) is 1.08. The molecular weight excluding hydrogens is 334 g/mol. The minimum Gasteiger partial charge on any atom is -0.493 e. The van der Waals surface area contributed by atoms with Crippen molar-refractivity contribution in [1.82, 2.24) is 4.90 Å². The molecule has 0 aromatic heterocycles. The summed E-state index contributed by atoms with van der Waals surface area (Å²) in [7, 11) is 3.17. The number of carbonyl (C=O) groups is 2. The van der Waals surface area contributed by atoms with Crippen LogP contribution >= 0.6 is 0 Å². The first-order chi connectivity index (χ1) is 12.6. The molecule has 1 aromatic rings. The lowest BCUT2D eigenvalue weighted by atomic mass is 9.76. The van der Waals surface area contributed by atoms with Gasteiger partial charge in [-0.05, 0) is 43.9 Å². The monoisotopic (exact) mass is 359 g/mol. The van der Waals surface area contributed by atoms with E-state index in [1.165, 1.54) is 0 Å². The summed E-state index contributed by atoms with van der Waals surface area (Å²) >= 11 is 0. The first-order valence-corrected chi connectivity index (χ1v) is 8.95. The standard InChI is InChI=1S/C20H25NO5/c1-4-26-19(23)20-10-5-6-17(20)21(18(22)9-11-20)13-14-7-8-15(24-2)16(12-14)25-3/h6-8,12H,4-5,9-11,13H2,1-3H3. The van der Waals surface area contributed by atoms with Crippen LogP contribution in [0.1, 0.15) is 38.2 Å². The number of allylic oxidation sites excluding steroid dienone is 1. The zero-order valence-corrected chi connectivity index (χ0v) is 15.5. The molecule has 140 valence electrons. The van der Waals surface area contributed by atoms with Crippen LogP contribution < -0.4 is 9.47 Å². The van der Waals surface area contributed by atoms with E-state index in [9.17, 15) is 9.59 Å². The topological polar surface area (TPSA) is 65.1 Å². The minimum absolute atomic E-state index is 0.0351. The molecule has 6 nitrogen and oxygen atoms in total. The van der Waals surface area contributed by atoms with Crippen LogP contribution in [0.2, 0.25) is 0 Å². The predicted molar refractivity (Wildman–Crippen MR) is 95.7 cm³/mol. The number of hydrogen-bond acceptors (Lipinski definition) is 5. The highest BCUT2D eigenvalue weighted by atomic mass is 16.5. The number of carbonyl (C=O) groups excluding carboxylic acids is 2. The van der Waals surface area contributed by atoms with Gasteiger partial charge < -0.3 is 19.1 Å². The molecule has 1 heterocycles. The number of nitrogens with zero attached hydrogens (tertiary/aromatic N) is 1. The Balaban J connectivity index is 1.89. The molecular formula is C20H25NO5. The van der Waals surface area contributed by atoms with E-state index in [0.717, 1.165) is 17.7 Å². The van der Waals surface area contributed by atoms with E-state index in [1.54, 1.807) is 19.1 Å². The van der Waals surface area contributed by atoms with Crippen LogP contribution in [0.4, 0.5) is 0 Å². The van der Waals surface area contributed by atoms with Crippen molar-refractivity contribution < 1.29 is 23.8 Å². The molecule has 1 saturated heterocycles. The summed E-state index contributed by atoms with van der Waals surface area (Å²) in [6, 6.07) is 5.59. The maximum Gasteiger partial charge on any atom is 0.318 e. The fourth-order valence-corrected chi connectivity index (χ4v) is 3.90. The number of piperidine rings is 1. The minimum atomic E-state index is -0.680. The Morgan fingerprint density at radius 3 is 2.65 bits per heavy atom. The molecule has 0 saturated carbocycles. The second kappa shape index (κ2) is 7.40. The molecule has 6 heteroatoms. The van der Waals surface area contributed by atoms with Gasteiger partial charge in [-0.1, -0.05) is 12.1 Å². The van der Waals surface area contributed by atoms with E-state index >= 15 is 0 Å². The number of likely N-dealkylation sites (tertiary alicyclic amines) is 1. The Morgan fingerprint density at radius 1 is 1.19 bits per heavy atom. The fraction of sp³-hybridized carbons (Fsp3) is 0.500. The first kappa shape index (κ1) is 18.3. The lowest BCUT2D eigenvalue weighted by Crippen LogP contribution is -2.47. The maximum atomic E-state index is 12.7. The fourth-order valence-electron chi connectivity index (χ4n) is 3.90. The smallest absolute Gasteiger partial charge is 0.318 e. The van der Waals surface area contributed by atoms with Crippen LogP contribution in [0.25, 0.3) is 0 Å². The van der Waals surface area contributed by atoms with Crippen LogP contribution in [0.3, 0.4) is 0 Å². The largest absolute Gasteiger partial charge is 0.493 e. The Bertz CT molecular complexity index is 742. The molecule has 1 aliphatic heterocycles. The quantitative estimate of drug-likeness (QED) is 0.731. The van der Waals surface area contributed by atoms with E-state index in [2.05, 4.69) is 0 Å². The number of rotatable bonds is 6. The Kier molecular flexibility index (Phi) is 5.20. The predicted octanol–water partition coefficient (Wildman–Crippen LogP) is 3.05. The van der Waals surface area contributed by atoms with Gasteiger partial charge in [-0.2, -0.15) is 0 Å². The number of benzene rings is 1. The normalized spacial score (nSPS) is 21.9. The number of methoxy groups -OCH3 is 2. The second-order valence-corrected chi connectivity index (χ2v) is 6.60. The van der Waals surface area contributed by atoms with Crippen LogP contribution in [-0.2, 0) is 20.9 Å². The third-order valence-corrected chi connectivity index (χ3v) is 5.21.